The first-order valence-electron chi connectivity index (χ1n) is 11.3. The zero-order chi connectivity index (χ0) is 26.0. The lowest BCUT2D eigenvalue weighted by Crippen LogP contribution is -2.41. The third-order valence-corrected chi connectivity index (χ3v) is 8.88. The number of anilines is 1. The number of hydrogen-bond donors (Lipinski definition) is 1. The number of halogens is 1. The average Bonchev–Trinajstić information content (AvgIpc) is 2.88. The molecular weight excluding hydrogens is 536 g/mol. The Labute approximate surface area is 226 Å². The third-order valence-electron chi connectivity index (χ3n) is 5.09. The summed E-state index contributed by atoms with van der Waals surface area (Å²) in [7, 11) is -4.02. The number of para-hydroxylation sites is 2. The Bertz CT molecular complexity index is 1250. The van der Waals surface area contributed by atoms with Gasteiger partial charge in [0.25, 0.3) is 10.0 Å². The molecule has 192 valence electrons. The first kappa shape index (κ1) is 28.2. The van der Waals surface area contributed by atoms with Crippen molar-refractivity contribution < 1.29 is 17.9 Å². The van der Waals surface area contributed by atoms with Crippen LogP contribution in [-0.2, 0) is 20.6 Å². The number of ether oxygens (including phenoxy) is 1. The Morgan fingerprint density at radius 2 is 1.81 bits per heavy atom. The van der Waals surface area contributed by atoms with Crippen LogP contribution in [0, 0.1) is 0 Å². The Morgan fingerprint density at radius 1 is 1.06 bits per heavy atom. The van der Waals surface area contributed by atoms with E-state index >= 15 is 0 Å². The molecule has 0 atom stereocenters. The number of hydrogen-bond acceptors (Lipinski definition) is 6. The van der Waals surface area contributed by atoms with Gasteiger partial charge in [-0.3, -0.25) is 9.10 Å². The zero-order valence-corrected chi connectivity index (χ0v) is 23.4. The number of benzene rings is 3. The molecule has 0 aliphatic heterocycles. The number of thioether (sulfide) groups is 2. The summed E-state index contributed by atoms with van der Waals surface area (Å²) in [6.07, 6.45) is 1.92. The van der Waals surface area contributed by atoms with Gasteiger partial charge in [-0.25, -0.2) is 8.42 Å². The van der Waals surface area contributed by atoms with E-state index in [2.05, 4.69) is 5.32 Å². The fourth-order valence-electron chi connectivity index (χ4n) is 3.38. The van der Waals surface area contributed by atoms with Gasteiger partial charge in [0, 0.05) is 28.0 Å². The second kappa shape index (κ2) is 13.8. The highest BCUT2D eigenvalue weighted by atomic mass is 35.5. The monoisotopic (exact) mass is 564 g/mol. The van der Waals surface area contributed by atoms with E-state index < -0.39 is 15.9 Å². The van der Waals surface area contributed by atoms with E-state index in [9.17, 15) is 13.2 Å². The Balaban J connectivity index is 1.72. The molecule has 0 aliphatic rings. The van der Waals surface area contributed by atoms with Crippen molar-refractivity contribution in [3.8, 4) is 5.75 Å². The predicted molar refractivity (Wildman–Crippen MR) is 151 cm³/mol. The van der Waals surface area contributed by atoms with Gasteiger partial charge in [-0.05, 0) is 67.3 Å². The SMILES string of the molecule is CCOc1ccccc1N(CC(=O)NCCSCc1cccc(Cl)c1)S(=O)(=O)c1ccc(SC)cc1. The standard InChI is InChI=1S/C26H29ClN2O4S3/c1-3-33-25-10-5-4-9-24(25)29(36(31,32)23-13-11-22(34-2)12-14-23)18-26(30)28-15-16-35-19-20-7-6-8-21(27)17-20/h4-14,17H,3,15-16,18-19H2,1-2H3,(H,28,30). The largest absolute Gasteiger partial charge is 0.492 e. The number of rotatable bonds is 13. The summed E-state index contributed by atoms with van der Waals surface area (Å²) in [6.45, 7) is 2.23. The van der Waals surface area contributed by atoms with Crippen LogP contribution in [0.4, 0.5) is 5.69 Å². The fraction of sp³-hybridized carbons (Fsp3) is 0.269. The van der Waals surface area contributed by atoms with E-state index in [1.807, 2.05) is 37.4 Å². The average molecular weight is 565 g/mol. The van der Waals surface area contributed by atoms with Gasteiger partial charge in [0.1, 0.15) is 12.3 Å². The summed E-state index contributed by atoms with van der Waals surface area (Å²) in [5, 5.41) is 3.53. The molecule has 0 unspecified atom stereocenters. The van der Waals surface area contributed by atoms with Crippen molar-refractivity contribution in [1.29, 1.82) is 0 Å². The molecule has 10 heteroatoms. The van der Waals surface area contributed by atoms with Crippen LogP contribution >= 0.6 is 35.1 Å². The van der Waals surface area contributed by atoms with Gasteiger partial charge >= 0.3 is 0 Å². The molecule has 0 saturated heterocycles. The molecule has 0 saturated carbocycles. The molecule has 3 aromatic carbocycles. The number of carbonyl (C=O) groups excluding carboxylic acids is 1. The predicted octanol–water partition coefficient (Wildman–Crippen LogP) is 5.71. The Hall–Kier alpha value is -2.33. The summed E-state index contributed by atoms with van der Waals surface area (Å²) in [5.41, 5.74) is 1.43. The second-order valence-electron chi connectivity index (χ2n) is 7.62. The molecule has 0 fully saturated rings. The Morgan fingerprint density at radius 3 is 2.50 bits per heavy atom. The van der Waals surface area contributed by atoms with Crippen molar-refractivity contribution in [3.05, 3.63) is 83.4 Å². The van der Waals surface area contributed by atoms with E-state index in [4.69, 9.17) is 16.3 Å². The topological polar surface area (TPSA) is 75.7 Å². The van der Waals surface area contributed by atoms with Crippen LogP contribution in [0.25, 0.3) is 0 Å². The minimum absolute atomic E-state index is 0.108. The molecule has 3 aromatic rings. The number of sulfonamides is 1. The molecule has 3 rings (SSSR count). The molecule has 36 heavy (non-hydrogen) atoms. The van der Waals surface area contributed by atoms with E-state index in [0.29, 0.717) is 35.4 Å². The summed E-state index contributed by atoms with van der Waals surface area (Å²) in [4.78, 5) is 13.9. The van der Waals surface area contributed by atoms with Gasteiger partial charge in [-0.2, -0.15) is 11.8 Å². The molecule has 0 bridgehead atoms. The highest BCUT2D eigenvalue weighted by molar-refractivity contribution is 7.98. The minimum atomic E-state index is -4.02. The van der Waals surface area contributed by atoms with Gasteiger partial charge in [0.05, 0.1) is 17.2 Å². The van der Waals surface area contributed by atoms with Gasteiger partial charge in [0.15, 0.2) is 0 Å². The summed E-state index contributed by atoms with van der Waals surface area (Å²) >= 11 is 9.21. The normalized spacial score (nSPS) is 11.2. The third kappa shape index (κ3) is 7.83. The fourth-order valence-corrected chi connectivity index (χ4v) is 6.24. The van der Waals surface area contributed by atoms with Crippen molar-refractivity contribution >= 4 is 56.7 Å². The molecular formula is C26H29ClN2O4S3. The molecule has 6 nitrogen and oxygen atoms in total. The number of nitrogens with zero attached hydrogens (tertiary/aromatic N) is 1. The lowest BCUT2D eigenvalue weighted by Gasteiger charge is -2.26. The van der Waals surface area contributed by atoms with E-state index in [1.165, 1.54) is 11.8 Å². The van der Waals surface area contributed by atoms with Crippen LogP contribution in [0.15, 0.2) is 82.6 Å². The van der Waals surface area contributed by atoms with Crippen LogP contribution < -0.4 is 14.4 Å². The maximum Gasteiger partial charge on any atom is 0.264 e. The lowest BCUT2D eigenvalue weighted by atomic mass is 10.2. The highest BCUT2D eigenvalue weighted by Crippen LogP contribution is 2.33. The molecule has 0 aromatic heterocycles. The van der Waals surface area contributed by atoms with Crippen molar-refractivity contribution in [2.45, 2.75) is 22.5 Å². The number of amides is 1. The van der Waals surface area contributed by atoms with E-state index in [0.717, 1.165) is 20.5 Å². The molecule has 0 heterocycles. The Kier molecular flexibility index (Phi) is 10.9. The van der Waals surface area contributed by atoms with Crippen LogP contribution in [0.5, 0.6) is 5.75 Å². The number of nitrogens with one attached hydrogen (secondary N) is 1. The number of carbonyl (C=O) groups is 1. The van der Waals surface area contributed by atoms with Crippen molar-refractivity contribution in [2.24, 2.45) is 0 Å². The second-order valence-corrected chi connectivity index (χ2v) is 11.9. The molecule has 0 radical (unpaired) electrons. The van der Waals surface area contributed by atoms with Gasteiger partial charge in [0.2, 0.25) is 5.91 Å². The summed E-state index contributed by atoms with van der Waals surface area (Å²) < 4.78 is 34.1. The molecule has 1 amide bonds. The van der Waals surface area contributed by atoms with E-state index in [-0.39, 0.29) is 11.4 Å². The minimum Gasteiger partial charge on any atom is -0.492 e. The van der Waals surface area contributed by atoms with Crippen molar-refractivity contribution in [3.63, 3.8) is 0 Å². The summed E-state index contributed by atoms with van der Waals surface area (Å²) in [6, 6.07) is 21.1. The van der Waals surface area contributed by atoms with Crippen LogP contribution in [0.2, 0.25) is 5.02 Å². The zero-order valence-electron chi connectivity index (χ0n) is 20.1. The molecule has 0 aliphatic carbocycles. The molecule has 1 N–H and O–H groups in total. The maximum atomic E-state index is 13.7. The maximum absolute atomic E-state index is 13.7. The van der Waals surface area contributed by atoms with Crippen molar-refractivity contribution in [1.82, 2.24) is 5.32 Å². The first-order valence-corrected chi connectivity index (χ1v) is 15.5. The van der Waals surface area contributed by atoms with Crippen LogP contribution in [-0.4, -0.2) is 46.0 Å². The quantitative estimate of drug-likeness (QED) is 0.212. The highest BCUT2D eigenvalue weighted by Gasteiger charge is 2.29. The lowest BCUT2D eigenvalue weighted by molar-refractivity contribution is -0.119. The van der Waals surface area contributed by atoms with Gasteiger partial charge in [-0.15, -0.1) is 11.8 Å². The van der Waals surface area contributed by atoms with Gasteiger partial charge < -0.3 is 10.1 Å². The summed E-state index contributed by atoms with van der Waals surface area (Å²) in [5.74, 6) is 1.45. The smallest absolute Gasteiger partial charge is 0.264 e. The van der Waals surface area contributed by atoms with Crippen LogP contribution in [0.3, 0.4) is 0 Å². The molecule has 0 spiro atoms. The first-order chi connectivity index (χ1) is 17.3. The van der Waals surface area contributed by atoms with Crippen molar-refractivity contribution in [2.75, 3.05) is 36.0 Å². The van der Waals surface area contributed by atoms with Crippen LogP contribution in [0.1, 0.15) is 12.5 Å². The van der Waals surface area contributed by atoms with Gasteiger partial charge in [-0.1, -0.05) is 35.9 Å². The van der Waals surface area contributed by atoms with E-state index in [1.54, 1.807) is 60.3 Å².